The fraction of sp³-hybridized carbons (Fsp3) is 0.529. The van der Waals surface area contributed by atoms with Gasteiger partial charge < -0.3 is 9.84 Å². The summed E-state index contributed by atoms with van der Waals surface area (Å²) in [6.07, 6.45) is 1.34. The van der Waals surface area contributed by atoms with E-state index in [0.717, 1.165) is 24.8 Å². The summed E-state index contributed by atoms with van der Waals surface area (Å²) >= 11 is 0. The number of benzene rings is 1. The van der Waals surface area contributed by atoms with Crippen LogP contribution in [-0.2, 0) is 9.53 Å². The third kappa shape index (κ3) is 4.06. The zero-order chi connectivity index (χ0) is 17.0. The Morgan fingerprint density at radius 2 is 1.74 bits per heavy atom. The van der Waals surface area contributed by atoms with Crippen LogP contribution in [-0.4, -0.2) is 29.1 Å². The molecule has 23 heavy (non-hydrogen) atoms. The second kappa shape index (κ2) is 7.06. The number of esters is 1. The number of carbonyl (C=O) groups excluding carboxylic acids is 1. The smallest absolute Gasteiger partial charge is 0.378 e. The van der Waals surface area contributed by atoms with Gasteiger partial charge in [-0.25, -0.2) is 9.59 Å². The molecule has 1 aromatic carbocycles. The number of rotatable bonds is 5. The van der Waals surface area contributed by atoms with Crippen molar-refractivity contribution in [3.63, 3.8) is 0 Å². The van der Waals surface area contributed by atoms with Crippen molar-refractivity contribution in [2.75, 3.05) is 0 Å². The molecule has 6 heteroatoms. The monoisotopic (exact) mass is 326 g/mol. The van der Waals surface area contributed by atoms with Crippen LogP contribution < -0.4 is 0 Å². The molecule has 0 aliphatic heterocycles. The lowest BCUT2D eigenvalue weighted by Gasteiger charge is -2.33. The van der Waals surface area contributed by atoms with Crippen LogP contribution in [0.15, 0.2) is 24.3 Å². The predicted molar refractivity (Wildman–Crippen MR) is 79.5 cm³/mol. The van der Waals surface area contributed by atoms with Gasteiger partial charge in [-0.05, 0) is 31.9 Å². The van der Waals surface area contributed by atoms with Crippen LogP contribution >= 0.6 is 0 Å². The van der Waals surface area contributed by atoms with Gasteiger partial charge in [-0.15, -0.1) is 0 Å². The molecule has 1 aliphatic carbocycles. The topological polar surface area (TPSA) is 63.6 Å². The highest BCUT2D eigenvalue weighted by Crippen LogP contribution is 2.36. The van der Waals surface area contributed by atoms with Crippen LogP contribution in [0, 0.1) is 12.8 Å². The van der Waals surface area contributed by atoms with Gasteiger partial charge in [0.05, 0.1) is 5.56 Å². The number of carbonyl (C=O) groups is 2. The van der Waals surface area contributed by atoms with Gasteiger partial charge >= 0.3 is 17.9 Å². The number of aliphatic carboxylic acids is 1. The van der Waals surface area contributed by atoms with Gasteiger partial charge in [0, 0.05) is 5.92 Å². The highest BCUT2D eigenvalue weighted by Gasteiger charge is 2.53. The Labute approximate surface area is 133 Å². The van der Waals surface area contributed by atoms with Crippen molar-refractivity contribution in [2.45, 2.75) is 51.1 Å². The Balaban J connectivity index is 2.21. The van der Waals surface area contributed by atoms with Crippen LogP contribution in [0.5, 0.6) is 0 Å². The van der Waals surface area contributed by atoms with E-state index in [1.165, 1.54) is 12.1 Å². The zero-order valence-electron chi connectivity index (χ0n) is 12.9. The molecule has 1 saturated carbocycles. The molecular formula is C17H20F2O4. The van der Waals surface area contributed by atoms with E-state index in [1.807, 2.05) is 6.92 Å². The van der Waals surface area contributed by atoms with E-state index in [0.29, 0.717) is 12.8 Å². The fourth-order valence-corrected chi connectivity index (χ4v) is 2.90. The van der Waals surface area contributed by atoms with Gasteiger partial charge in [0.1, 0.15) is 0 Å². The molecule has 1 N–H and O–H groups in total. The van der Waals surface area contributed by atoms with E-state index in [1.54, 1.807) is 12.1 Å². The standard InChI is InChI=1S/C17H20F2O4/c1-11-7-9-13(10-8-11)15(20)23-14(17(18,19)16(21)22)12-5-3-2-4-6-12/h7-10,12,14H,2-6H2,1H3,(H,21,22). The molecule has 0 bridgehead atoms. The molecule has 1 aromatic rings. The van der Waals surface area contributed by atoms with Crippen molar-refractivity contribution < 1.29 is 28.2 Å². The van der Waals surface area contributed by atoms with Crippen molar-refractivity contribution >= 4 is 11.9 Å². The first-order chi connectivity index (χ1) is 10.8. The van der Waals surface area contributed by atoms with Gasteiger partial charge in [0.15, 0.2) is 6.10 Å². The molecule has 0 radical (unpaired) electrons. The highest BCUT2D eigenvalue weighted by molar-refractivity contribution is 5.90. The number of carboxylic acids is 1. The van der Waals surface area contributed by atoms with Gasteiger partial charge in [-0.1, -0.05) is 37.0 Å². The first kappa shape index (κ1) is 17.4. The molecule has 0 amide bonds. The summed E-state index contributed by atoms with van der Waals surface area (Å²) in [6, 6.07) is 6.30. The fourth-order valence-electron chi connectivity index (χ4n) is 2.90. The Kier molecular flexibility index (Phi) is 5.34. The summed E-state index contributed by atoms with van der Waals surface area (Å²) in [5.41, 5.74) is 1.05. The number of halogens is 2. The number of hydrogen-bond donors (Lipinski definition) is 1. The lowest BCUT2D eigenvalue weighted by molar-refractivity contribution is -0.189. The van der Waals surface area contributed by atoms with Crippen LogP contribution in [0.3, 0.4) is 0 Å². The number of ether oxygens (including phenoxy) is 1. The molecule has 126 valence electrons. The molecule has 0 aromatic heterocycles. The van der Waals surface area contributed by atoms with Gasteiger partial charge in [-0.2, -0.15) is 8.78 Å². The van der Waals surface area contributed by atoms with Gasteiger partial charge in [-0.3, -0.25) is 0 Å². The molecule has 2 rings (SSSR count). The summed E-state index contributed by atoms with van der Waals surface area (Å²) in [4.78, 5) is 23.1. The van der Waals surface area contributed by atoms with E-state index in [-0.39, 0.29) is 5.56 Å². The van der Waals surface area contributed by atoms with Gasteiger partial charge in [0.25, 0.3) is 0 Å². The quantitative estimate of drug-likeness (QED) is 0.836. The second-order valence-electron chi connectivity index (χ2n) is 6.02. The normalized spacial score (nSPS) is 17.5. The molecular weight excluding hydrogens is 306 g/mol. The average Bonchev–Trinajstić information content (AvgIpc) is 2.53. The second-order valence-corrected chi connectivity index (χ2v) is 6.02. The Morgan fingerprint density at radius 3 is 2.26 bits per heavy atom. The lowest BCUT2D eigenvalue weighted by Crippen LogP contribution is -2.48. The largest absolute Gasteiger partial charge is 0.477 e. The summed E-state index contributed by atoms with van der Waals surface area (Å²) in [5, 5.41) is 8.82. The summed E-state index contributed by atoms with van der Waals surface area (Å²) < 4.78 is 33.1. The van der Waals surface area contributed by atoms with E-state index in [2.05, 4.69) is 0 Å². The highest BCUT2D eigenvalue weighted by atomic mass is 19.3. The minimum absolute atomic E-state index is 0.137. The first-order valence-electron chi connectivity index (χ1n) is 7.71. The van der Waals surface area contributed by atoms with Crippen LogP contribution in [0.25, 0.3) is 0 Å². The van der Waals surface area contributed by atoms with E-state index in [4.69, 9.17) is 9.84 Å². The molecule has 0 spiro atoms. The lowest BCUT2D eigenvalue weighted by atomic mass is 9.83. The minimum Gasteiger partial charge on any atom is -0.477 e. The van der Waals surface area contributed by atoms with E-state index < -0.39 is 29.9 Å². The van der Waals surface area contributed by atoms with Gasteiger partial charge in [0.2, 0.25) is 0 Å². The molecule has 1 aliphatic rings. The Hall–Kier alpha value is -1.98. The van der Waals surface area contributed by atoms with Crippen molar-refractivity contribution in [1.29, 1.82) is 0 Å². The number of aryl methyl sites for hydroxylation is 1. The molecule has 1 atom stereocenters. The maximum Gasteiger partial charge on any atom is 0.378 e. The zero-order valence-corrected chi connectivity index (χ0v) is 12.9. The molecule has 4 nitrogen and oxygen atoms in total. The maximum atomic E-state index is 14.1. The van der Waals surface area contributed by atoms with E-state index in [9.17, 15) is 18.4 Å². The number of alkyl halides is 2. The SMILES string of the molecule is Cc1ccc(C(=O)OC(C2CCCCC2)C(F)(F)C(=O)O)cc1. The van der Waals surface area contributed by atoms with Crippen molar-refractivity contribution in [2.24, 2.45) is 5.92 Å². The Morgan fingerprint density at radius 1 is 1.17 bits per heavy atom. The Bertz CT molecular complexity index is 562. The first-order valence-corrected chi connectivity index (χ1v) is 7.71. The van der Waals surface area contributed by atoms with Crippen molar-refractivity contribution in [3.8, 4) is 0 Å². The van der Waals surface area contributed by atoms with Crippen molar-refractivity contribution in [3.05, 3.63) is 35.4 Å². The third-order valence-electron chi connectivity index (χ3n) is 4.24. The summed E-state index contributed by atoms with van der Waals surface area (Å²) in [7, 11) is 0. The van der Waals surface area contributed by atoms with E-state index >= 15 is 0 Å². The third-order valence-corrected chi connectivity index (χ3v) is 4.24. The summed E-state index contributed by atoms with van der Waals surface area (Å²) in [6.45, 7) is 1.83. The number of hydrogen-bond acceptors (Lipinski definition) is 3. The van der Waals surface area contributed by atoms with Crippen molar-refractivity contribution in [1.82, 2.24) is 0 Å². The van der Waals surface area contributed by atoms with Crippen LogP contribution in [0.1, 0.15) is 48.0 Å². The number of carboxylic acid groups (broad SMARTS) is 1. The molecule has 0 saturated heterocycles. The molecule has 1 unspecified atom stereocenters. The predicted octanol–water partition coefficient (Wildman–Crippen LogP) is 3.82. The van der Waals surface area contributed by atoms with Crippen LogP contribution in [0.2, 0.25) is 0 Å². The molecule has 1 fully saturated rings. The van der Waals surface area contributed by atoms with Crippen LogP contribution in [0.4, 0.5) is 8.78 Å². The average molecular weight is 326 g/mol. The minimum atomic E-state index is -4.09. The molecule has 0 heterocycles. The summed E-state index contributed by atoms with van der Waals surface area (Å²) in [5.74, 6) is -7.90. The maximum absolute atomic E-state index is 14.1.